The largest absolute Gasteiger partial charge is 0.309 e. The van der Waals surface area contributed by atoms with Crippen molar-refractivity contribution in [3.63, 3.8) is 0 Å². The fourth-order valence-electron chi connectivity index (χ4n) is 10.4. The van der Waals surface area contributed by atoms with Crippen LogP contribution in [0.5, 0.6) is 0 Å². The van der Waals surface area contributed by atoms with Crippen molar-refractivity contribution in [2.24, 2.45) is 0 Å². The molecule has 0 N–H and O–H groups in total. The Morgan fingerprint density at radius 1 is 0.188 bits per heavy atom. The second-order valence-corrected chi connectivity index (χ2v) is 16.8. The quantitative estimate of drug-likeness (QED) is 0.148. The second kappa shape index (κ2) is 14.6. The van der Waals surface area contributed by atoms with Crippen LogP contribution in [0.4, 0.5) is 0 Å². The summed E-state index contributed by atoms with van der Waals surface area (Å²) in [5.41, 5.74) is 16.9. The summed E-state index contributed by atoms with van der Waals surface area (Å²) in [4.78, 5) is 0. The molecule has 11 aromatic carbocycles. The van der Waals surface area contributed by atoms with E-state index < -0.39 is 0 Å². The number of hydrogen-bond donors (Lipinski definition) is 0. The van der Waals surface area contributed by atoms with Crippen LogP contribution in [-0.2, 0) is 0 Å². The van der Waals surface area contributed by atoms with Crippen molar-refractivity contribution in [2.75, 3.05) is 0 Å². The molecule has 2 nitrogen and oxygen atoms in total. The van der Waals surface area contributed by atoms with Crippen molar-refractivity contribution in [1.29, 1.82) is 0 Å². The average Bonchev–Trinajstić information content (AvgIpc) is 3.88. The highest BCUT2D eigenvalue weighted by atomic mass is 15.0. The van der Waals surface area contributed by atoms with Crippen LogP contribution in [0.2, 0.25) is 0 Å². The third-order valence-corrected chi connectivity index (χ3v) is 13.3. The van der Waals surface area contributed by atoms with E-state index in [1.54, 1.807) is 0 Å². The Balaban J connectivity index is 0.951. The normalized spacial score (nSPS) is 11.8. The number of rotatable bonds is 6. The van der Waals surface area contributed by atoms with E-state index in [9.17, 15) is 0 Å². The van der Waals surface area contributed by atoms with Crippen molar-refractivity contribution < 1.29 is 0 Å². The smallest absolute Gasteiger partial charge is 0.0541 e. The zero-order chi connectivity index (χ0) is 42.1. The Kier molecular flexibility index (Phi) is 8.25. The van der Waals surface area contributed by atoms with Crippen LogP contribution in [0.25, 0.3) is 121 Å². The van der Waals surface area contributed by atoms with Crippen LogP contribution in [0.1, 0.15) is 0 Å². The summed E-state index contributed by atoms with van der Waals surface area (Å²) in [6.45, 7) is 0. The van der Waals surface area contributed by atoms with E-state index >= 15 is 0 Å². The topological polar surface area (TPSA) is 9.86 Å². The lowest BCUT2D eigenvalue weighted by atomic mass is 9.86. The lowest BCUT2D eigenvalue weighted by Crippen LogP contribution is -1.95. The van der Waals surface area contributed by atoms with E-state index in [2.05, 4.69) is 252 Å². The van der Waals surface area contributed by atoms with Gasteiger partial charge in [0.2, 0.25) is 0 Å². The van der Waals surface area contributed by atoms with Crippen LogP contribution >= 0.6 is 0 Å². The molecule has 2 heterocycles. The molecule has 2 aromatic heterocycles. The van der Waals surface area contributed by atoms with Gasteiger partial charge in [-0.1, -0.05) is 182 Å². The van der Waals surface area contributed by atoms with Crippen molar-refractivity contribution in [2.45, 2.75) is 0 Å². The van der Waals surface area contributed by atoms with Crippen molar-refractivity contribution >= 4 is 65.2 Å². The number of fused-ring (bicyclic) bond motifs is 8. The summed E-state index contributed by atoms with van der Waals surface area (Å²) in [6.07, 6.45) is 0. The summed E-state index contributed by atoms with van der Waals surface area (Å²) in [5, 5.41) is 10.1. The fourth-order valence-corrected chi connectivity index (χ4v) is 10.4. The van der Waals surface area contributed by atoms with Crippen LogP contribution in [0, 0.1) is 0 Å². The highest BCUT2D eigenvalue weighted by Gasteiger charge is 2.19. The van der Waals surface area contributed by atoms with Gasteiger partial charge in [-0.3, -0.25) is 0 Å². The predicted molar refractivity (Wildman–Crippen MR) is 272 cm³/mol. The number of hydrogen-bond acceptors (Lipinski definition) is 0. The molecule has 0 unspecified atom stereocenters. The molecule has 0 amide bonds. The molecule has 0 spiro atoms. The maximum absolute atomic E-state index is 2.44. The number of benzene rings is 11. The Labute approximate surface area is 371 Å². The van der Waals surface area contributed by atoms with E-state index in [1.165, 1.54) is 110 Å². The third kappa shape index (κ3) is 5.66. The Morgan fingerprint density at radius 3 is 0.922 bits per heavy atom. The van der Waals surface area contributed by atoms with Gasteiger partial charge in [-0.25, -0.2) is 0 Å². The van der Waals surface area contributed by atoms with Gasteiger partial charge in [0, 0.05) is 32.9 Å². The van der Waals surface area contributed by atoms with Gasteiger partial charge in [-0.2, -0.15) is 0 Å². The van der Waals surface area contributed by atoms with E-state index in [0.717, 1.165) is 11.4 Å². The molecule has 2 heteroatoms. The molecule has 13 rings (SSSR count). The zero-order valence-corrected chi connectivity index (χ0v) is 35.0. The van der Waals surface area contributed by atoms with Crippen LogP contribution in [0.3, 0.4) is 0 Å². The molecule has 0 bridgehead atoms. The van der Waals surface area contributed by atoms with Gasteiger partial charge < -0.3 is 9.13 Å². The first-order chi connectivity index (χ1) is 31.8. The van der Waals surface area contributed by atoms with Gasteiger partial charge >= 0.3 is 0 Å². The zero-order valence-electron chi connectivity index (χ0n) is 35.0. The minimum absolute atomic E-state index is 1.13. The lowest BCUT2D eigenvalue weighted by molar-refractivity contribution is 1.18. The molecule has 13 aromatic rings. The first kappa shape index (κ1) is 36.2. The first-order valence-corrected chi connectivity index (χ1v) is 22.1. The monoisotopic (exact) mass is 812 g/mol. The minimum atomic E-state index is 1.13. The van der Waals surface area contributed by atoms with E-state index in [0.29, 0.717) is 0 Å². The molecule has 64 heavy (non-hydrogen) atoms. The number of nitrogens with zero attached hydrogens (tertiary/aromatic N) is 2. The van der Waals surface area contributed by atoms with Gasteiger partial charge in [0.15, 0.2) is 0 Å². The molecule has 0 saturated heterocycles. The summed E-state index contributed by atoms with van der Waals surface area (Å²) in [5.74, 6) is 0. The van der Waals surface area contributed by atoms with Gasteiger partial charge in [0.25, 0.3) is 0 Å². The highest BCUT2D eigenvalue weighted by Crippen LogP contribution is 2.44. The molecule has 0 aliphatic rings. The molecule has 0 atom stereocenters. The molecule has 0 radical (unpaired) electrons. The average molecular weight is 813 g/mol. The summed E-state index contributed by atoms with van der Waals surface area (Å²) in [7, 11) is 0. The van der Waals surface area contributed by atoms with Crippen molar-refractivity contribution in [1.82, 2.24) is 9.13 Å². The van der Waals surface area contributed by atoms with Gasteiger partial charge in [0.1, 0.15) is 0 Å². The molecule has 0 aliphatic heterocycles. The summed E-state index contributed by atoms with van der Waals surface area (Å²) >= 11 is 0. The van der Waals surface area contributed by atoms with Crippen LogP contribution < -0.4 is 0 Å². The van der Waals surface area contributed by atoms with Gasteiger partial charge in [0.05, 0.1) is 22.1 Å². The van der Waals surface area contributed by atoms with Crippen LogP contribution in [-0.4, -0.2) is 9.13 Å². The maximum atomic E-state index is 2.44. The second-order valence-electron chi connectivity index (χ2n) is 16.8. The Bertz CT molecular complexity index is 3800. The predicted octanol–water partition coefficient (Wildman–Crippen LogP) is 16.9. The van der Waals surface area contributed by atoms with E-state index in [4.69, 9.17) is 0 Å². The lowest BCUT2D eigenvalue weighted by Gasteiger charge is -2.18. The molecule has 0 fully saturated rings. The number of para-hydroxylation sites is 2. The summed E-state index contributed by atoms with van der Waals surface area (Å²) < 4.78 is 4.82. The standard InChI is InChI=1S/C62H40N2/c1-3-15-41(16-4-1)45-31-37-59-55(39-45)56-40-46(42-27-33-47(34-28-42)63-57-25-13-11-19-49(57)50-20-12-14-26-58(50)63)32-38-60(56)64(59)48-35-29-44(30-36-48)62-53-23-9-7-21-51(53)61(43-17-5-2-6-18-43)52-22-8-10-24-54(52)62/h1-40H. The Morgan fingerprint density at radius 2 is 0.484 bits per heavy atom. The summed E-state index contributed by atoms with van der Waals surface area (Å²) in [6, 6.07) is 88.9. The van der Waals surface area contributed by atoms with Crippen molar-refractivity contribution in [3.05, 3.63) is 243 Å². The molecule has 0 aliphatic carbocycles. The number of aromatic nitrogens is 2. The highest BCUT2D eigenvalue weighted by molar-refractivity contribution is 6.21. The third-order valence-electron chi connectivity index (χ3n) is 13.3. The van der Waals surface area contributed by atoms with Gasteiger partial charge in [-0.05, 0) is 127 Å². The molecular formula is C62H40N2. The molecular weight excluding hydrogens is 773 g/mol. The Hall–Kier alpha value is -8.46. The van der Waals surface area contributed by atoms with Crippen molar-refractivity contribution in [3.8, 4) is 55.9 Å². The molecule has 0 saturated carbocycles. The fraction of sp³-hybridized carbons (Fsp3) is 0. The minimum Gasteiger partial charge on any atom is -0.309 e. The SMILES string of the molecule is c1ccc(-c2ccc3c(c2)c2cc(-c4ccc(-n5c6ccccc6c6ccccc65)cc4)ccc2n3-c2ccc(-c3c4ccccc4c(-c4ccccc4)c4ccccc34)cc2)cc1. The van der Waals surface area contributed by atoms with E-state index in [-0.39, 0.29) is 0 Å². The van der Waals surface area contributed by atoms with E-state index in [1.807, 2.05) is 0 Å². The first-order valence-electron chi connectivity index (χ1n) is 22.1. The maximum Gasteiger partial charge on any atom is 0.0541 e. The van der Waals surface area contributed by atoms with Crippen LogP contribution in [0.15, 0.2) is 243 Å². The molecule has 298 valence electrons. The van der Waals surface area contributed by atoms with Gasteiger partial charge in [-0.15, -0.1) is 0 Å².